The normalized spacial score (nSPS) is 25.7. The highest BCUT2D eigenvalue weighted by molar-refractivity contribution is 6.25. The summed E-state index contributed by atoms with van der Waals surface area (Å²) >= 11 is 0. The van der Waals surface area contributed by atoms with Crippen molar-refractivity contribution >= 4 is 17.7 Å². The fraction of sp³-hybridized carbons (Fsp3) is 0.794. The number of unbranched alkanes of at least 4 members (excludes halogenated alkanes) is 16. The minimum Gasteiger partial charge on any atom is -0.492 e. The molecule has 1 amide bonds. The molecule has 9 heteroatoms. The van der Waals surface area contributed by atoms with Crippen molar-refractivity contribution in [3.63, 3.8) is 0 Å². The summed E-state index contributed by atoms with van der Waals surface area (Å²) in [5.41, 5.74) is 5.42. The summed E-state index contributed by atoms with van der Waals surface area (Å²) in [7, 11) is 3.01. The Kier molecular flexibility index (Phi) is 12.5. The minimum atomic E-state index is -0.974. The Hall–Kier alpha value is -2.39. The van der Waals surface area contributed by atoms with E-state index in [9.17, 15) is 14.4 Å². The van der Waals surface area contributed by atoms with Crippen molar-refractivity contribution in [2.45, 2.75) is 140 Å². The van der Waals surface area contributed by atoms with E-state index in [2.05, 4.69) is 12.2 Å². The van der Waals surface area contributed by atoms with Gasteiger partial charge < -0.3 is 30.2 Å². The highest BCUT2D eigenvalue weighted by Gasteiger charge is 2.73. The topological polar surface area (TPSA) is 130 Å². The SMILES string of the molecule is CCCCCCCCCCCCCCCCCCCC1=C(OC)C(=O)C2=C(C1=O)N1C[C@@H]3N[C@@H]3[C@]1(OC)[C@@H]2COC(N)=O. The van der Waals surface area contributed by atoms with Crippen molar-refractivity contribution < 1.29 is 28.6 Å². The number of nitrogens with zero attached hydrogens (tertiary/aromatic N) is 1. The second kappa shape index (κ2) is 16.1. The molecule has 0 spiro atoms. The number of piperazine rings is 1. The third-order valence-electron chi connectivity index (χ3n) is 9.97. The van der Waals surface area contributed by atoms with Crippen molar-refractivity contribution in [1.29, 1.82) is 0 Å². The van der Waals surface area contributed by atoms with Crippen LogP contribution >= 0.6 is 0 Å². The molecule has 0 aromatic heterocycles. The predicted molar refractivity (Wildman–Crippen MR) is 166 cm³/mol. The fourth-order valence-corrected chi connectivity index (χ4v) is 7.67. The van der Waals surface area contributed by atoms with Gasteiger partial charge in [-0.2, -0.15) is 0 Å². The lowest BCUT2D eigenvalue weighted by atomic mass is 9.82. The van der Waals surface area contributed by atoms with Crippen LogP contribution in [0.4, 0.5) is 4.79 Å². The molecule has 43 heavy (non-hydrogen) atoms. The van der Waals surface area contributed by atoms with E-state index in [0.29, 0.717) is 29.8 Å². The number of ketones is 2. The van der Waals surface area contributed by atoms with Gasteiger partial charge in [0.05, 0.1) is 24.8 Å². The molecule has 1 aliphatic carbocycles. The van der Waals surface area contributed by atoms with E-state index >= 15 is 0 Å². The number of rotatable bonds is 22. The molecule has 0 aromatic carbocycles. The Bertz CT molecular complexity index is 1050. The summed E-state index contributed by atoms with van der Waals surface area (Å²) < 4.78 is 16.8. The predicted octanol–water partition coefficient (Wildman–Crippen LogP) is 6.06. The van der Waals surface area contributed by atoms with Crippen molar-refractivity contribution in [2.24, 2.45) is 11.7 Å². The van der Waals surface area contributed by atoms with Crippen LogP contribution < -0.4 is 11.1 Å². The highest BCUT2D eigenvalue weighted by Crippen LogP contribution is 2.56. The van der Waals surface area contributed by atoms with Gasteiger partial charge in [-0.3, -0.25) is 9.59 Å². The largest absolute Gasteiger partial charge is 0.492 e. The molecule has 4 atom stereocenters. The molecule has 4 aliphatic rings. The molecule has 2 fully saturated rings. The average Bonchev–Trinajstić information content (AvgIpc) is 3.61. The summed E-state index contributed by atoms with van der Waals surface area (Å²) in [4.78, 5) is 41.1. The number of fused-ring (bicyclic) bond motifs is 4. The Morgan fingerprint density at radius 2 is 1.40 bits per heavy atom. The van der Waals surface area contributed by atoms with Crippen LogP contribution in [0.2, 0.25) is 0 Å². The van der Waals surface area contributed by atoms with Crippen molar-refractivity contribution in [2.75, 3.05) is 27.4 Å². The molecule has 0 unspecified atom stereocenters. The number of allylic oxidation sites excluding steroid dienone is 2. The van der Waals surface area contributed by atoms with Gasteiger partial charge in [-0.15, -0.1) is 0 Å². The average molecular weight is 602 g/mol. The number of nitrogens with two attached hydrogens (primary N) is 1. The third kappa shape index (κ3) is 7.47. The molecule has 3 heterocycles. The Labute approximate surface area is 258 Å². The number of carbonyl (C=O) groups excluding carboxylic acids is 3. The third-order valence-corrected chi connectivity index (χ3v) is 9.97. The van der Waals surface area contributed by atoms with E-state index in [4.69, 9.17) is 19.9 Å². The summed E-state index contributed by atoms with van der Waals surface area (Å²) in [6.45, 7) is 2.68. The second-order valence-corrected chi connectivity index (χ2v) is 12.8. The van der Waals surface area contributed by atoms with Crippen LogP contribution in [-0.4, -0.2) is 67.7 Å². The standard InChI is InChI=1S/C34H55N3O6/c1-4-5-6-7-8-9-10-11-12-13-14-15-16-17-18-19-20-21-24-29(38)28-27(30(39)31(24)41-2)25(23-43-33(35)40)34(42-3)32-26(36-32)22-37(28)34/h25-26,32,36H,4-23H2,1-3H3,(H2,35,40)/t25-,26+,32+,34-/m1/s1. The van der Waals surface area contributed by atoms with E-state index in [-0.39, 0.29) is 36.0 Å². The number of methoxy groups -OCH3 is 2. The number of ether oxygens (including phenoxy) is 3. The van der Waals surface area contributed by atoms with Gasteiger partial charge in [-0.25, -0.2) is 4.79 Å². The molecular formula is C34H55N3O6. The van der Waals surface area contributed by atoms with Crippen LogP contribution in [0.5, 0.6) is 0 Å². The first-order valence-electron chi connectivity index (χ1n) is 17.0. The second-order valence-electron chi connectivity index (χ2n) is 12.8. The number of hydrogen-bond donors (Lipinski definition) is 2. The van der Waals surface area contributed by atoms with Crippen LogP contribution in [-0.2, 0) is 23.8 Å². The maximum Gasteiger partial charge on any atom is 0.404 e. The zero-order chi connectivity index (χ0) is 30.8. The lowest BCUT2D eigenvalue weighted by Crippen LogP contribution is -2.55. The lowest BCUT2D eigenvalue weighted by Gasteiger charge is -2.39. The molecule has 0 saturated carbocycles. The monoisotopic (exact) mass is 601 g/mol. The summed E-state index contributed by atoms with van der Waals surface area (Å²) in [6, 6.07) is 0.0964. The zero-order valence-corrected chi connectivity index (χ0v) is 26.8. The first-order chi connectivity index (χ1) is 20.9. The van der Waals surface area contributed by atoms with Gasteiger partial charge in [0, 0.05) is 30.8 Å². The smallest absolute Gasteiger partial charge is 0.404 e. The van der Waals surface area contributed by atoms with E-state index in [1.54, 1.807) is 7.11 Å². The molecule has 0 bridgehead atoms. The lowest BCUT2D eigenvalue weighted by molar-refractivity contribution is -0.137. The zero-order valence-electron chi connectivity index (χ0n) is 26.8. The molecule has 3 aliphatic heterocycles. The van der Waals surface area contributed by atoms with Gasteiger partial charge in [0.25, 0.3) is 0 Å². The molecule has 2 saturated heterocycles. The van der Waals surface area contributed by atoms with Crippen LogP contribution in [0, 0.1) is 5.92 Å². The quantitative estimate of drug-likeness (QED) is 0.0870. The van der Waals surface area contributed by atoms with Gasteiger partial charge in [-0.1, -0.05) is 110 Å². The molecule has 242 valence electrons. The fourth-order valence-electron chi connectivity index (χ4n) is 7.67. The number of carbonyl (C=O) groups is 3. The first kappa shape index (κ1) is 33.5. The maximum absolute atomic E-state index is 13.9. The summed E-state index contributed by atoms with van der Waals surface area (Å²) in [5.74, 6) is -1.03. The van der Waals surface area contributed by atoms with E-state index in [1.807, 2.05) is 4.90 Å². The number of primary amides is 1. The van der Waals surface area contributed by atoms with Gasteiger partial charge >= 0.3 is 6.09 Å². The van der Waals surface area contributed by atoms with E-state index in [0.717, 1.165) is 19.3 Å². The van der Waals surface area contributed by atoms with E-state index in [1.165, 1.54) is 97.0 Å². The Morgan fingerprint density at radius 3 is 1.88 bits per heavy atom. The Balaban J connectivity index is 1.18. The highest BCUT2D eigenvalue weighted by atomic mass is 16.6. The molecule has 0 aromatic rings. The van der Waals surface area contributed by atoms with Crippen LogP contribution in [0.25, 0.3) is 0 Å². The van der Waals surface area contributed by atoms with Crippen molar-refractivity contribution in [3.8, 4) is 0 Å². The minimum absolute atomic E-state index is 0.0651. The van der Waals surface area contributed by atoms with Gasteiger partial charge in [0.15, 0.2) is 11.5 Å². The molecule has 3 N–H and O–H groups in total. The van der Waals surface area contributed by atoms with Gasteiger partial charge in [0.1, 0.15) is 6.61 Å². The number of hydrogen-bond acceptors (Lipinski definition) is 8. The molecule has 0 radical (unpaired) electrons. The van der Waals surface area contributed by atoms with Crippen LogP contribution in [0.1, 0.15) is 122 Å². The first-order valence-corrected chi connectivity index (χ1v) is 17.0. The number of Topliss-reactive ketones (excluding diaryl/α,β-unsaturated/α-hetero) is 2. The Morgan fingerprint density at radius 1 is 0.860 bits per heavy atom. The number of amides is 1. The van der Waals surface area contributed by atoms with Crippen LogP contribution in [0.3, 0.4) is 0 Å². The van der Waals surface area contributed by atoms with Crippen molar-refractivity contribution in [1.82, 2.24) is 10.2 Å². The van der Waals surface area contributed by atoms with Crippen molar-refractivity contribution in [3.05, 3.63) is 22.6 Å². The molecule has 9 nitrogen and oxygen atoms in total. The molecular weight excluding hydrogens is 546 g/mol. The summed E-state index contributed by atoms with van der Waals surface area (Å²) in [6.07, 6.45) is 21.5. The number of nitrogens with one attached hydrogen (secondary N) is 1. The summed E-state index contributed by atoms with van der Waals surface area (Å²) in [5, 5.41) is 3.38. The van der Waals surface area contributed by atoms with Crippen LogP contribution in [0.15, 0.2) is 22.6 Å². The maximum atomic E-state index is 13.9. The van der Waals surface area contributed by atoms with Gasteiger partial charge in [0.2, 0.25) is 11.6 Å². The van der Waals surface area contributed by atoms with Gasteiger partial charge in [-0.05, 0) is 12.8 Å². The molecule has 4 rings (SSSR count). The van der Waals surface area contributed by atoms with E-state index < -0.39 is 17.7 Å².